The Morgan fingerprint density at radius 1 is 0.922 bits per heavy atom. The molecule has 0 bridgehead atoms. The molecule has 4 aromatic rings. The summed E-state index contributed by atoms with van der Waals surface area (Å²) in [6, 6.07) is 14.1. The van der Waals surface area contributed by atoms with Gasteiger partial charge in [-0.2, -0.15) is 0 Å². The summed E-state index contributed by atoms with van der Waals surface area (Å²) in [5.74, 6) is 4.70. The predicted octanol–water partition coefficient (Wildman–Crippen LogP) is 11.0. The van der Waals surface area contributed by atoms with Crippen LogP contribution < -0.4 is 20.1 Å². The van der Waals surface area contributed by atoms with Gasteiger partial charge in [0.2, 0.25) is 0 Å². The highest BCUT2D eigenvalue weighted by molar-refractivity contribution is 5.97. The number of carbonyl (C=O) groups excluding carboxylic acids is 1. The van der Waals surface area contributed by atoms with E-state index >= 15 is 0 Å². The Labute approximate surface area is 307 Å². The molecule has 0 aliphatic rings. The third-order valence-corrected chi connectivity index (χ3v) is 8.62. The average molecular weight is 698 g/mol. The van der Waals surface area contributed by atoms with E-state index in [0.29, 0.717) is 24.2 Å². The molecule has 2 aromatic heterocycles. The second kappa shape index (κ2) is 23.2. The lowest BCUT2D eigenvalue weighted by molar-refractivity contribution is -0.117. The number of aromatic nitrogens is 3. The first kappa shape index (κ1) is 42.9. The van der Waals surface area contributed by atoms with Crippen LogP contribution in [0.5, 0.6) is 17.2 Å². The van der Waals surface area contributed by atoms with Crippen molar-refractivity contribution in [2.75, 3.05) is 25.5 Å². The number of nitrogens with zero attached hydrogens (tertiary/aromatic N) is 3. The summed E-state index contributed by atoms with van der Waals surface area (Å²) < 4.78 is 12.6. The maximum atomic E-state index is 11.1. The summed E-state index contributed by atoms with van der Waals surface area (Å²) >= 11 is 0. The van der Waals surface area contributed by atoms with E-state index in [1.54, 1.807) is 18.6 Å². The number of benzene rings is 2. The standard InChI is InChI=1S/C32H40N4O2.C9H17NO.C2H6/c1-7-9-25-11-14-28-30(31(25)37-19-22(4)16-21(3)8-2)32(35-20-34-28)36-26-12-15-29(23(5)17-26)38-27-13-10-24(6)33-18-27;1-4-8(2)9(11)6-5-7-10-3;1-2/h10-15,17-18,20-22H,7-9,16,19H2,1-6H3,(H,34,35,36);5-6,8,10H,4,7H2,1-3H3;1-2H3/b;6-5+;. The molecule has 2 heterocycles. The van der Waals surface area contributed by atoms with Crippen molar-refractivity contribution >= 4 is 28.2 Å². The van der Waals surface area contributed by atoms with E-state index in [1.165, 1.54) is 12.0 Å². The molecule has 51 heavy (non-hydrogen) atoms. The summed E-state index contributed by atoms with van der Waals surface area (Å²) in [7, 11) is 1.86. The van der Waals surface area contributed by atoms with Gasteiger partial charge in [-0.15, -0.1) is 0 Å². The van der Waals surface area contributed by atoms with E-state index in [9.17, 15) is 4.79 Å². The summed E-state index contributed by atoms with van der Waals surface area (Å²) in [5.41, 5.74) is 4.96. The quantitative estimate of drug-likeness (QED) is 0.105. The fourth-order valence-electron chi connectivity index (χ4n) is 5.32. The van der Waals surface area contributed by atoms with Crippen molar-refractivity contribution in [1.29, 1.82) is 0 Å². The minimum atomic E-state index is 0.170. The zero-order valence-corrected chi connectivity index (χ0v) is 33.1. The number of allylic oxidation sites excluding steroid dienone is 1. The average Bonchev–Trinajstić information content (AvgIpc) is 3.14. The molecule has 0 radical (unpaired) electrons. The third kappa shape index (κ3) is 14.1. The zero-order chi connectivity index (χ0) is 37.8. The van der Waals surface area contributed by atoms with Crippen LogP contribution in [0, 0.1) is 31.6 Å². The number of anilines is 2. The smallest absolute Gasteiger partial charge is 0.158 e. The highest BCUT2D eigenvalue weighted by atomic mass is 16.5. The number of aryl methyl sites for hydroxylation is 3. The summed E-state index contributed by atoms with van der Waals surface area (Å²) in [4.78, 5) is 24.7. The van der Waals surface area contributed by atoms with Crippen molar-refractivity contribution in [3.63, 3.8) is 0 Å². The first-order valence-electron chi connectivity index (χ1n) is 18.8. The number of rotatable bonds is 17. The van der Waals surface area contributed by atoms with Crippen molar-refractivity contribution in [3.8, 4) is 17.2 Å². The Bertz CT molecular complexity index is 1640. The normalized spacial score (nSPS) is 12.6. The maximum Gasteiger partial charge on any atom is 0.158 e. The van der Waals surface area contributed by atoms with E-state index in [1.807, 2.05) is 78.9 Å². The van der Waals surface area contributed by atoms with Crippen LogP contribution in [0.1, 0.15) is 97.9 Å². The van der Waals surface area contributed by atoms with Gasteiger partial charge >= 0.3 is 0 Å². The van der Waals surface area contributed by atoms with Crippen molar-refractivity contribution in [2.45, 2.75) is 101 Å². The first-order chi connectivity index (χ1) is 24.6. The second-order valence-corrected chi connectivity index (χ2v) is 13.1. The number of hydrogen-bond donors (Lipinski definition) is 2. The largest absolute Gasteiger partial charge is 0.492 e. The summed E-state index contributed by atoms with van der Waals surface area (Å²) in [5, 5.41) is 7.40. The van der Waals surface area contributed by atoms with Gasteiger partial charge in [-0.25, -0.2) is 9.97 Å². The SMILES string of the molecule is CC.CCC(C)C(=O)/C=C/CNC.CCCc1ccc2ncnc(Nc3ccc(Oc4ccc(C)nc4)c(C)c3)c2c1OCC(C)CC(C)CC. The number of fused-ring (bicyclic) bond motifs is 1. The molecule has 0 amide bonds. The molecule has 0 fully saturated rings. The lowest BCUT2D eigenvalue weighted by Gasteiger charge is -2.20. The van der Waals surface area contributed by atoms with E-state index in [-0.39, 0.29) is 11.7 Å². The van der Waals surface area contributed by atoms with E-state index in [4.69, 9.17) is 9.47 Å². The van der Waals surface area contributed by atoms with Crippen LogP contribution in [-0.2, 0) is 11.2 Å². The zero-order valence-electron chi connectivity index (χ0n) is 33.1. The molecule has 8 nitrogen and oxygen atoms in total. The van der Waals surface area contributed by atoms with Crippen molar-refractivity contribution in [1.82, 2.24) is 20.3 Å². The molecule has 0 aliphatic heterocycles. The van der Waals surface area contributed by atoms with Gasteiger partial charge in [-0.05, 0) is 106 Å². The Hall–Kier alpha value is -4.30. The minimum Gasteiger partial charge on any atom is -0.492 e. The minimum absolute atomic E-state index is 0.170. The summed E-state index contributed by atoms with van der Waals surface area (Å²) in [6.45, 7) is 22.4. The number of nitrogens with one attached hydrogen (secondary N) is 2. The molecule has 2 aromatic carbocycles. The Kier molecular flexibility index (Phi) is 19.5. The molecule has 0 spiro atoms. The molecule has 3 unspecified atom stereocenters. The molecular weight excluding hydrogens is 635 g/mol. The van der Waals surface area contributed by atoms with E-state index < -0.39 is 0 Å². The maximum absolute atomic E-state index is 11.1. The van der Waals surface area contributed by atoms with Gasteiger partial charge in [-0.1, -0.05) is 80.4 Å². The summed E-state index contributed by atoms with van der Waals surface area (Å²) in [6.07, 6.45) is 12.1. The molecule has 0 saturated heterocycles. The van der Waals surface area contributed by atoms with Gasteiger partial charge < -0.3 is 20.1 Å². The number of hydrogen-bond acceptors (Lipinski definition) is 8. The Morgan fingerprint density at radius 3 is 2.31 bits per heavy atom. The van der Waals surface area contributed by atoms with Gasteiger partial charge in [0.15, 0.2) is 5.78 Å². The third-order valence-electron chi connectivity index (χ3n) is 8.62. The molecule has 8 heteroatoms. The molecule has 3 atom stereocenters. The molecule has 0 aliphatic carbocycles. The molecule has 2 N–H and O–H groups in total. The van der Waals surface area contributed by atoms with Crippen LogP contribution in [0.3, 0.4) is 0 Å². The van der Waals surface area contributed by atoms with Crippen LogP contribution in [0.15, 0.2) is 67.1 Å². The van der Waals surface area contributed by atoms with Crippen LogP contribution in [0.2, 0.25) is 0 Å². The molecule has 4 rings (SSSR count). The van der Waals surface area contributed by atoms with E-state index in [2.05, 4.69) is 71.5 Å². The second-order valence-electron chi connectivity index (χ2n) is 13.1. The Morgan fingerprint density at radius 2 is 1.69 bits per heavy atom. The van der Waals surface area contributed by atoms with E-state index in [0.717, 1.165) is 77.4 Å². The van der Waals surface area contributed by atoms with Gasteiger partial charge in [0, 0.05) is 23.8 Å². The van der Waals surface area contributed by atoms with Gasteiger partial charge in [0.1, 0.15) is 29.4 Å². The van der Waals surface area contributed by atoms with Gasteiger partial charge in [0.05, 0.1) is 23.7 Å². The monoisotopic (exact) mass is 697 g/mol. The van der Waals surface area contributed by atoms with Crippen molar-refractivity contribution < 1.29 is 14.3 Å². The first-order valence-corrected chi connectivity index (χ1v) is 18.8. The van der Waals surface area contributed by atoms with Gasteiger partial charge in [0.25, 0.3) is 0 Å². The predicted molar refractivity (Wildman–Crippen MR) is 215 cm³/mol. The van der Waals surface area contributed by atoms with Gasteiger partial charge in [-0.3, -0.25) is 9.78 Å². The van der Waals surface area contributed by atoms with Crippen LogP contribution in [0.25, 0.3) is 10.9 Å². The number of likely N-dealkylation sites (N-methyl/N-ethyl adjacent to an activating group) is 1. The topological polar surface area (TPSA) is 98.3 Å². The van der Waals surface area contributed by atoms with Crippen molar-refractivity contribution in [2.24, 2.45) is 17.8 Å². The number of carbonyl (C=O) groups is 1. The van der Waals surface area contributed by atoms with Crippen LogP contribution >= 0.6 is 0 Å². The fourth-order valence-corrected chi connectivity index (χ4v) is 5.32. The number of pyridine rings is 1. The van der Waals surface area contributed by atoms with Crippen LogP contribution in [0.4, 0.5) is 11.5 Å². The highest BCUT2D eigenvalue weighted by Crippen LogP contribution is 2.37. The number of ether oxygens (including phenoxy) is 2. The molecule has 0 saturated carbocycles. The lowest BCUT2D eigenvalue weighted by Crippen LogP contribution is -2.13. The highest BCUT2D eigenvalue weighted by Gasteiger charge is 2.17. The molecule has 278 valence electrons. The van der Waals surface area contributed by atoms with Crippen LogP contribution in [-0.4, -0.2) is 40.9 Å². The fraction of sp³-hybridized carbons (Fsp3) is 0.488. The lowest BCUT2D eigenvalue weighted by atomic mass is 9.96. The van der Waals surface area contributed by atoms with Crippen molar-refractivity contribution in [3.05, 3.63) is 84.0 Å². The number of ketones is 1. The molecular formula is C43H63N5O3. The Balaban J connectivity index is 0.000000594.